The molecule has 1 heterocycles. The minimum Gasteiger partial charge on any atom is -0.395 e. The number of nitrogens with zero attached hydrogens (tertiary/aromatic N) is 2. The van der Waals surface area contributed by atoms with Crippen molar-refractivity contribution in [2.24, 2.45) is 7.05 Å². The van der Waals surface area contributed by atoms with Gasteiger partial charge in [-0.3, -0.25) is 4.79 Å². The van der Waals surface area contributed by atoms with Gasteiger partial charge in [-0.1, -0.05) is 6.08 Å². The van der Waals surface area contributed by atoms with Crippen molar-refractivity contribution in [1.29, 1.82) is 0 Å². The van der Waals surface area contributed by atoms with Gasteiger partial charge in [0.05, 0.1) is 6.61 Å². The van der Waals surface area contributed by atoms with Crippen LogP contribution in [0.1, 0.15) is 10.5 Å². The van der Waals surface area contributed by atoms with Gasteiger partial charge in [-0.2, -0.15) is 0 Å². The lowest BCUT2D eigenvalue weighted by Crippen LogP contribution is -2.34. The van der Waals surface area contributed by atoms with Gasteiger partial charge in [0, 0.05) is 30.8 Å². The fraction of sp³-hybridized carbons (Fsp3) is 0.364. The van der Waals surface area contributed by atoms with E-state index in [2.05, 4.69) is 22.5 Å². The molecule has 0 saturated heterocycles. The van der Waals surface area contributed by atoms with Crippen molar-refractivity contribution in [2.75, 3.05) is 19.7 Å². The van der Waals surface area contributed by atoms with Gasteiger partial charge in [-0.25, -0.2) is 0 Å². The lowest BCUT2D eigenvalue weighted by Gasteiger charge is -2.20. The quantitative estimate of drug-likeness (QED) is 0.832. The van der Waals surface area contributed by atoms with E-state index in [-0.39, 0.29) is 12.5 Å². The molecule has 0 aliphatic rings. The van der Waals surface area contributed by atoms with Crippen LogP contribution in [0.2, 0.25) is 0 Å². The van der Waals surface area contributed by atoms with Crippen LogP contribution in [0.25, 0.3) is 0 Å². The van der Waals surface area contributed by atoms with E-state index in [4.69, 9.17) is 5.11 Å². The zero-order valence-corrected chi connectivity index (χ0v) is 10.8. The molecule has 0 saturated carbocycles. The van der Waals surface area contributed by atoms with Crippen LogP contribution in [-0.4, -0.2) is 40.2 Å². The highest BCUT2D eigenvalue weighted by Gasteiger charge is 2.17. The molecule has 1 amide bonds. The summed E-state index contributed by atoms with van der Waals surface area (Å²) >= 11 is 3.32. The van der Waals surface area contributed by atoms with Gasteiger partial charge in [0.15, 0.2) is 0 Å². The highest BCUT2D eigenvalue weighted by Crippen LogP contribution is 2.15. The van der Waals surface area contributed by atoms with Crippen LogP contribution in [0, 0.1) is 0 Å². The molecule has 0 atom stereocenters. The molecule has 0 aromatic carbocycles. The van der Waals surface area contributed by atoms with E-state index in [0.717, 1.165) is 4.47 Å². The number of carbonyl (C=O) groups is 1. The Labute approximate surface area is 103 Å². The Balaban J connectivity index is 2.89. The highest BCUT2D eigenvalue weighted by molar-refractivity contribution is 9.10. The number of aryl methyl sites for hydroxylation is 1. The molecule has 1 aromatic heterocycles. The summed E-state index contributed by atoms with van der Waals surface area (Å²) in [6.07, 6.45) is 3.46. The Morgan fingerprint density at radius 1 is 1.75 bits per heavy atom. The molecular weight excluding hydrogens is 272 g/mol. The van der Waals surface area contributed by atoms with E-state index in [1.54, 1.807) is 21.6 Å². The van der Waals surface area contributed by atoms with Crippen molar-refractivity contribution < 1.29 is 9.90 Å². The Kier molecular flexibility index (Phi) is 4.76. The zero-order chi connectivity index (χ0) is 12.1. The molecule has 5 heteroatoms. The lowest BCUT2D eigenvalue weighted by molar-refractivity contribution is 0.0733. The number of carbonyl (C=O) groups excluding carboxylic acids is 1. The number of aliphatic hydroxyl groups excluding tert-OH is 1. The molecule has 0 fully saturated rings. The Morgan fingerprint density at radius 3 is 2.88 bits per heavy atom. The number of hydrogen-bond acceptors (Lipinski definition) is 2. The first-order chi connectivity index (χ1) is 7.60. The lowest BCUT2D eigenvalue weighted by atomic mass is 10.3. The van der Waals surface area contributed by atoms with E-state index in [1.807, 2.05) is 13.2 Å². The highest BCUT2D eigenvalue weighted by atomic mass is 79.9. The predicted molar refractivity (Wildman–Crippen MR) is 66.3 cm³/mol. The molecule has 0 spiro atoms. The van der Waals surface area contributed by atoms with E-state index in [0.29, 0.717) is 18.8 Å². The van der Waals surface area contributed by atoms with Gasteiger partial charge in [0.25, 0.3) is 5.91 Å². The van der Waals surface area contributed by atoms with Gasteiger partial charge in [-0.05, 0) is 22.0 Å². The summed E-state index contributed by atoms with van der Waals surface area (Å²) in [5, 5.41) is 8.89. The summed E-state index contributed by atoms with van der Waals surface area (Å²) in [7, 11) is 1.81. The third-order valence-electron chi connectivity index (χ3n) is 2.20. The van der Waals surface area contributed by atoms with Crippen LogP contribution in [0.4, 0.5) is 0 Å². The largest absolute Gasteiger partial charge is 0.395 e. The maximum atomic E-state index is 12.1. The minimum absolute atomic E-state index is 0.0504. The van der Waals surface area contributed by atoms with Crippen molar-refractivity contribution >= 4 is 21.8 Å². The minimum atomic E-state index is -0.109. The molecule has 0 radical (unpaired) electrons. The normalized spacial score (nSPS) is 10.2. The molecule has 16 heavy (non-hydrogen) atoms. The second-order valence-electron chi connectivity index (χ2n) is 3.42. The maximum Gasteiger partial charge on any atom is 0.270 e. The fourth-order valence-corrected chi connectivity index (χ4v) is 1.98. The molecule has 0 aliphatic heterocycles. The first-order valence-corrected chi connectivity index (χ1v) is 5.72. The zero-order valence-electron chi connectivity index (χ0n) is 9.19. The summed E-state index contributed by atoms with van der Waals surface area (Å²) < 4.78 is 2.61. The van der Waals surface area contributed by atoms with Crippen LogP contribution in [0.15, 0.2) is 29.4 Å². The van der Waals surface area contributed by atoms with E-state index in [1.165, 1.54) is 0 Å². The molecule has 1 N–H and O–H groups in total. The number of hydrogen-bond donors (Lipinski definition) is 1. The van der Waals surface area contributed by atoms with Crippen LogP contribution < -0.4 is 0 Å². The Morgan fingerprint density at radius 2 is 2.44 bits per heavy atom. The summed E-state index contributed by atoms with van der Waals surface area (Å²) in [5.41, 5.74) is 0.585. The standard InChI is InChI=1S/C11H15BrN2O2/c1-3-4-14(5-6-15)11(16)10-7-9(12)8-13(10)2/h3,7-8,15H,1,4-6H2,2H3. The molecule has 0 unspecified atom stereocenters. The van der Waals surface area contributed by atoms with Crippen LogP contribution >= 0.6 is 15.9 Å². The average molecular weight is 287 g/mol. The number of aliphatic hydroxyl groups is 1. The smallest absolute Gasteiger partial charge is 0.270 e. The Bertz CT molecular complexity index is 387. The van der Waals surface area contributed by atoms with Gasteiger partial charge in [-0.15, -0.1) is 6.58 Å². The average Bonchev–Trinajstić information content (AvgIpc) is 2.56. The SMILES string of the molecule is C=CCN(CCO)C(=O)c1cc(Br)cn1C. The maximum absolute atomic E-state index is 12.1. The van der Waals surface area contributed by atoms with Gasteiger partial charge < -0.3 is 14.6 Å². The topological polar surface area (TPSA) is 45.5 Å². The van der Waals surface area contributed by atoms with Crippen LogP contribution in [0.5, 0.6) is 0 Å². The van der Waals surface area contributed by atoms with Crippen molar-refractivity contribution in [3.8, 4) is 0 Å². The summed E-state index contributed by atoms with van der Waals surface area (Å²) in [6.45, 7) is 4.29. The summed E-state index contributed by atoms with van der Waals surface area (Å²) in [6, 6.07) is 1.76. The van der Waals surface area contributed by atoms with Crippen molar-refractivity contribution in [1.82, 2.24) is 9.47 Å². The number of halogens is 1. The molecule has 4 nitrogen and oxygen atoms in total. The van der Waals surface area contributed by atoms with Crippen LogP contribution in [0.3, 0.4) is 0 Å². The Hall–Kier alpha value is -1.07. The van der Waals surface area contributed by atoms with Gasteiger partial charge >= 0.3 is 0 Å². The molecular formula is C11H15BrN2O2. The van der Waals surface area contributed by atoms with E-state index >= 15 is 0 Å². The number of rotatable bonds is 5. The second-order valence-corrected chi connectivity index (χ2v) is 4.33. The third kappa shape index (κ3) is 2.96. The first kappa shape index (κ1) is 13.0. The van der Waals surface area contributed by atoms with Crippen LogP contribution in [-0.2, 0) is 7.05 Å². The van der Waals surface area contributed by atoms with Crippen molar-refractivity contribution in [3.63, 3.8) is 0 Å². The number of aromatic nitrogens is 1. The van der Waals surface area contributed by atoms with Crippen molar-refractivity contribution in [2.45, 2.75) is 0 Å². The fourth-order valence-electron chi connectivity index (χ4n) is 1.45. The predicted octanol–water partition coefficient (Wildman–Crippen LogP) is 1.41. The van der Waals surface area contributed by atoms with Gasteiger partial charge in [0.1, 0.15) is 5.69 Å². The van der Waals surface area contributed by atoms with Gasteiger partial charge in [0.2, 0.25) is 0 Å². The van der Waals surface area contributed by atoms with E-state index < -0.39 is 0 Å². The summed E-state index contributed by atoms with van der Waals surface area (Å²) in [4.78, 5) is 13.6. The summed E-state index contributed by atoms with van der Waals surface area (Å²) in [5.74, 6) is -0.109. The third-order valence-corrected chi connectivity index (χ3v) is 2.63. The molecule has 88 valence electrons. The van der Waals surface area contributed by atoms with Crippen molar-refractivity contribution in [3.05, 3.63) is 35.1 Å². The molecule has 1 rings (SSSR count). The van der Waals surface area contributed by atoms with E-state index in [9.17, 15) is 4.79 Å². The first-order valence-electron chi connectivity index (χ1n) is 4.93. The number of amides is 1. The molecule has 0 bridgehead atoms. The second kappa shape index (κ2) is 5.86. The monoisotopic (exact) mass is 286 g/mol. The molecule has 1 aromatic rings. The molecule has 0 aliphatic carbocycles.